The summed E-state index contributed by atoms with van der Waals surface area (Å²) < 4.78 is 0. The van der Waals surface area contributed by atoms with E-state index < -0.39 is 0 Å². The summed E-state index contributed by atoms with van der Waals surface area (Å²) in [5, 5.41) is 3.35. The van der Waals surface area contributed by atoms with Crippen LogP contribution in [0.25, 0.3) is 0 Å². The summed E-state index contributed by atoms with van der Waals surface area (Å²) in [4.78, 5) is 20.9. The Bertz CT molecular complexity index is 489. The molecule has 1 aliphatic rings. The Morgan fingerprint density at radius 2 is 2.27 bits per heavy atom. The van der Waals surface area contributed by atoms with Gasteiger partial charge in [0.1, 0.15) is 0 Å². The second-order valence-electron chi connectivity index (χ2n) is 6.54. The quantitative estimate of drug-likeness (QED) is 0.819. The lowest BCUT2D eigenvalue weighted by molar-refractivity contribution is 0.0682. The zero-order valence-electron chi connectivity index (χ0n) is 14.0. The third kappa shape index (κ3) is 4.98. The molecule has 1 aromatic heterocycles. The van der Waals surface area contributed by atoms with Gasteiger partial charge in [0.15, 0.2) is 0 Å². The van der Waals surface area contributed by atoms with E-state index in [0.717, 1.165) is 44.7 Å². The summed E-state index contributed by atoms with van der Waals surface area (Å²) in [7, 11) is 4.14. The Kier molecular flexibility index (Phi) is 6.19. The first kappa shape index (κ1) is 16.7. The zero-order valence-corrected chi connectivity index (χ0v) is 14.0. The Morgan fingerprint density at radius 3 is 3.00 bits per heavy atom. The summed E-state index contributed by atoms with van der Waals surface area (Å²) in [6, 6.07) is 1.92. The van der Waals surface area contributed by atoms with E-state index >= 15 is 0 Å². The first-order chi connectivity index (χ1) is 10.6. The van der Waals surface area contributed by atoms with Crippen molar-refractivity contribution in [3.05, 3.63) is 24.0 Å². The summed E-state index contributed by atoms with van der Waals surface area (Å²) in [6.45, 7) is 5.87. The molecule has 1 aliphatic heterocycles. The van der Waals surface area contributed by atoms with Gasteiger partial charge in [-0.15, -0.1) is 0 Å². The van der Waals surface area contributed by atoms with Crippen LogP contribution in [0.4, 0.5) is 5.69 Å². The van der Waals surface area contributed by atoms with Crippen LogP contribution >= 0.6 is 0 Å². The van der Waals surface area contributed by atoms with Gasteiger partial charge in [-0.1, -0.05) is 6.92 Å². The molecule has 5 nitrogen and oxygen atoms in total. The van der Waals surface area contributed by atoms with E-state index in [1.165, 1.54) is 6.42 Å². The smallest absolute Gasteiger partial charge is 0.255 e. The van der Waals surface area contributed by atoms with E-state index in [9.17, 15) is 4.79 Å². The first-order valence-corrected chi connectivity index (χ1v) is 8.19. The molecule has 1 amide bonds. The normalized spacial score (nSPS) is 18.5. The molecular weight excluding hydrogens is 276 g/mol. The molecule has 22 heavy (non-hydrogen) atoms. The minimum absolute atomic E-state index is 0.107. The number of piperidine rings is 1. The first-order valence-electron chi connectivity index (χ1n) is 8.19. The molecular formula is C17H28N4O. The number of aromatic nitrogens is 1. The number of rotatable bonds is 6. The monoisotopic (exact) mass is 304 g/mol. The summed E-state index contributed by atoms with van der Waals surface area (Å²) in [6.07, 6.45) is 6.84. The van der Waals surface area contributed by atoms with E-state index in [0.29, 0.717) is 11.5 Å². The Labute approximate surface area is 133 Å². The average molecular weight is 304 g/mol. The third-order valence-corrected chi connectivity index (χ3v) is 4.04. The molecule has 2 rings (SSSR count). The fourth-order valence-corrected chi connectivity index (χ4v) is 2.84. The van der Waals surface area contributed by atoms with E-state index in [4.69, 9.17) is 0 Å². The van der Waals surface area contributed by atoms with Crippen LogP contribution in [-0.2, 0) is 0 Å². The number of nitrogens with zero attached hydrogens (tertiary/aromatic N) is 3. The van der Waals surface area contributed by atoms with Crippen molar-refractivity contribution < 1.29 is 4.79 Å². The zero-order chi connectivity index (χ0) is 15.9. The van der Waals surface area contributed by atoms with Crippen LogP contribution < -0.4 is 5.32 Å². The number of carbonyl (C=O) groups is 1. The van der Waals surface area contributed by atoms with Crippen LogP contribution in [0.2, 0.25) is 0 Å². The van der Waals surface area contributed by atoms with Crippen LogP contribution in [0.5, 0.6) is 0 Å². The van der Waals surface area contributed by atoms with E-state index in [-0.39, 0.29) is 5.91 Å². The van der Waals surface area contributed by atoms with Crippen molar-refractivity contribution >= 4 is 11.6 Å². The maximum atomic E-state index is 12.6. The second kappa shape index (κ2) is 8.13. The van der Waals surface area contributed by atoms with Crippen molar-refractivity contribution in [1.82, 2.24) is 14.8 Å². The van der Waals surface area contributed by atoms with Crippen LogP contribution in [-0.4, -0.2) is 61.0 Å². The number of anilines is 1. The fraction of sp³-hybridized carbons (Fsp3) is 0.647. The van der Waals surface area contributed by atoms with Gasteiger partial charge in [-0.05, 0) is 51.9 Å². The lowest BCUT2D eigenvalue weighted by Gasteiger charge is -2.31. The molecule has 0 aromatic carbocycles. The predicted octanol–water partition coefficient (Wildman–Crippen LogP) is 2.32. The Hall–Kier alpha value is -1.62. The summed E-state index contributed by atoms with van der Waals surface area (Å²) >= 11 is 0. The fourth-order valence-electron chi connectivity index (χ4n) is 2.84. The molecule has 0 spiro atoms. The van der Waals surface area contributed by atoms with Crippen LogP contribution in [0, 0.1) is 5.92 Å². The van der Waals surface area contributed by atoms with Crippen LogP contribution in [0.3, 0.4) is 0 Å². The standard InChI is InChI=1S/C17H28N4O/c1-14-6-4-9-21(13-14)17(22)15-10-16(12-18-11-15)19-7-5-8-20(2)3/h10-12,14,19H,4-9,13H2,1-3H3. The summed E-state index contributed by atoms with van der Waals surface area (Å²) in [5.74, 6) is 0.703. The molecule has 1 aromatic rings. The molecule has 0 bridgehead atoms. The van der Waals surface area contributed by atoms with E-state index in [1.807, 2.05) is 11.0 Å². The van der Waals surface area contributed by atoms with Gasteiger partial charge in [0, 0.05) is 32.0 Å². The van der Waals surface area contributed by atoms with Gasteiger partial charge in [0.25, 0.3) is 5.91 Å². The van der Waals surface area contributed by atoms with Gasteiger partial charge in [-0.3, -0.25) is 9.78 Å². The lowest BCUT2D eigenvalue weighted by atomic mass is 10.00. The SMILES string of the molecule is CC1CCCN(C(=O)c2cncc(NCCCN(C)C)c2)C1. The molecule has 0 aliphatic carbocycles. The minimum atomic E-state index is 0.107. The highest BCUT2D eigenvalue weighted by atomic mass is 16.2. The highest BCUT2D eigenvalue weighted by molar-refractivity contribution is 5.94. The molecule has 1 unspecified atom stereocenters. The van der Waals surface area contributed by atoms with Gasteiger partial charge in [0.2, 0.25) is 0 Å². The number of carbonyl (C=O) groups excluding carboxylic acids is 1. The number of hydrogen-bond donors (Lipinski definition) is 1. The molecule has 122 valence electrons. The maximum absolute atomic E-state index is 12.6. The van der Waals surface area contributed by atoms with E-state index in [1.54, 1.807) is 12.4 Å². The minimum Gasteiger partial charge on any atom is -0.384 e. The van der Waals surface area contributed by atoms with Crippen molar-refractivity contribution in [3.8, 4) is 0 Å². The molecule has 1 atom stereocenters. The van der Waals surface area contributed by atoms with Crippen LogP contribution in [0.15, 0.2) is 18.5 Å². The molecule has 1 fully saturated rings. The van der Waals surface area contributed by atoms with Gasteiger partial charge < -0.3 is 15.1 Å². The van der Waals surface area contributed by atoms with E-state index in [2.05, 4.69) is 36.2 Å². The number of nitrogens with one attached hydrogen (secondary N) is 1. The Morgan fingerprint density at radius 1 is 1.45 bits per heavy atom. The Balaban J connectivity index is 1.91. The summed E-state index contributed by atoms with van der Waals surface area (Å²) in [5.41, 5.74) is 1.61. The van der Waals surface area contributed by atoms with Crippen molar-refractivity contribution in [1.29, 1.82) is 0 Å². The predicted molar refractivity (Wildman–Crippen MR) is 90.2 cm³/mol. The lowest BCUT2D eigenvalue weighted by Crippen LogP contribution is -2.39. The van der Waals surface area contributed by atoms with Gasteiger partial charge in [-0.25, -0.2) is 0 Å². The average Bonchev–Trinajstić information content (AvgIpc) is 2.51. The highest BCUT2D eigenvalue weighted by Crippen LogP contribution is 2.18. The third-order valence-electron chi connectivity index (χ3n) is 4.04. The molecule has 1 saturated heterocycles. The second-order valence-corrected chi connectivity index (χ2v) is 6.54. The highest BCUT2D eigenvalue weighted by Gasteiger charge is 2.22. The number of hydrogen-bond acceptors (Lipinski definition) is 4. The molecule has 1 N–H and O–H groups in total. The van der Waals surface area contributed by atoms with Crippen LogP contribution in [0.1, 0.15) is 36.5 Å². The molecule has 0 saturated carbocycles. The molecule has 5 heteroatoms. The van der Waals surface area contributed by atoms with Gasteiger partial charge >= 0.3 is 0 Å². The number of pyridine rings is 1. The molecule has 2 heterocycles. The van der Waals surface area contributed by atoms with Crippen molar-refractivity contribution in [2.45, 2.75) is 26.2 Å². The number of likely N-dealkylation sites (tertiary alicyclic amines) is 1. The topological polar surface area (TPSA) is 48.5 Å². The maximum Gasteiger partial charge on any atom is 0.255 e. The van der Waals surface area contributed by atoms with Crippen molar-refractivity contribution in [3.63, 3.8) is 0 Å². The van der Waals surface area contributed by atoms with Crippen molar-refractivity contribution in [2.75, 3.05) is 45.6 Å². The van der Waals surface area contributed by atoms with Crippen molar-refractivity contribution in [2.24, 2.45) is 5.92 Å². The largest absolute Gasteiger partial charge is 0.384 e. The van der Waals surface area contributed by atoms with Gasteiger partial charge in [-0.2, -0.15) is 0 Å². The molecule has 0 radical (unpaired) electrons. The van der Waals surface area contributed by atoms with Gasteiger partial charge in [0.05, 0.1) is 11.3 Å². The number of amides is 1.